The van der Waals surface area contributed by atoms with E-state index in [1.54, 1.807) is 11.0 Å². The van der Waals surface area contributed by atoms with Crippen molar-refractivity contribution < 1.29 is 9.18 Å². The van der Waals surface area contributed by atoms with Crippen molar-refractivity contribution >= 4 is 37.8 Å². The first-order chi connectivity index (χ1) is 7.97. The molecule has 0 fully saturated rings. The van der Waals surface area contributed by atoms with Crippen molar-refractivity contribution in [1.29, 1.82) is 0 Å². The minimum absolute atomic E-state index is 0.0445. The van der Waals surface area contributed by atoms with Gasteiger partial charge in [-0.3, -0.25) is 4.79 Å². The van der Waals surface area contributed by atoms with Crippen LogP contribution in [0.15, 0.2) is 22.7 Å². The molecular weight excluding hydrogens is 353 g/mol. The van der Waals surface area contributed by atoms with Gasteiger partial charge >= 0.3 is 0 Å². The summed E-state index contributed by atoms with van der Waals surface area (Å²) in [7, 11) is 0. The lowest BCUT2D eigenvalue weighted by molar-refractivity contribution is 0.0714. The second-order valence-electron chi connectivity index (χ2n) is 3.91. The van der Waals surface area contributed by atoms with Gasteiger partial charge in [0, 0.05) is 22.4 Å². The van der Waals surface area contributed by atoms with E-state index in [-0.39, 0.29) is 17.5 Å². The third kappa shape index (κ3) is 3.78. The number of nitrogens with zero attached hydrogens (tertiary/aromatic N) is 1. The molecule has 94 valence electrons. The number of amides is 1. The third-order valence-electron chi connectivity index (χ3n) is 2.37. The van der Waals surface area contributed by atoms with Crippen LogP contribution >= 0.6 is 31.9 Å². The van der Waals surface area contributed by atoms with Gasteiger partial charge in [-0.2, -0.15) is 0 Å². The van der Waals surface area contributed by atoms with Gasteiger partial charge in [0.05, 0.1) is 5.56 Å². The molecule has 17 heavy (non-hydrogen) atoms. The number of carbonyl (C=O) groups excluding carboxylic acids is 1. The van der Waals surface area contributed by atoms with Crippen molar-refractivity contribution in [3.63, 3.8) is 0 Å². The highest BCUT2D eigenvalue weighted by Crippen LogP contribution is 2.18. The summed E-state index contributed by atoms with van der Waals surface area (Å²) in [5, 5.41) is 0.676. The Labute approximate surface area is 117 Å². The molecule has 1 amide bonds. The summed E-state index contributed by atoms with van der Waals surface area (Å²) in [6, 6.07) is 4.52. The number of halogens is 3. The average Bonchev–Trinajstić information content (AvgIpc) is 2.24. The second-order valence-corrected chi connectivity index (χ2v) is 5.61. The summed E-state index contributed by atoms with van der Waals surface area (Å²) >= 11 is 6.46. The van der Waals surface area contributed by atoms with Crippen LogP contribution < -0.4 is 0 Å². The minimum Gasteiger partial charge on any atom is -0.335 e. The molecule has 0 aromatic heterocycles. The molecule has 0 unspecified atom stereocenters. The molecule has 0 aliphatic rings. The predicted octanol–water partition coefficient (Wildman–Crippen LogP) is 3.83. The molecule has 0 atom stereocenters. The van der Waals surface area contributed by atoms with Crippen LogP contribution in [0.2, 0.25) is 0 Å². The molecular formula is C12H14Br2FNO. The number of rotatable bonds is 4. The van der Waals surface area contributed by atoms with Crippen LogP contribution in [-0.4, -0.2) is 28.7 Å². The fraction of sp³-hybridized carbons (Fsp3) is 0.417. The molecule has 1 rings (SSSR count). The van der Waals surface area contributed by atoms with Gasteiger partial charge < -0.3 is 4.90 Å². The van der Waals surface area contributed by atoms with Crippen molar-refractivity contribution in [2.45, 2.75) is 19.9 Å². The molecule has 1 aromatic rings. The number of hydrogen-bond donors (Lipinski definition) is 0. The third-order valence-corrected chi connectivity index (χ3v) is 3.22. The Kier molecular flexibility index (Phi) is 5.59. The van der Waals surface area contributed by atoms with E-state index in [1.165, 1.54) is 12.1 Å². The van der Waals surface area contributed by atoms with Gasteiger partial charge in [-0.15, -0.1) is 0 Å². The SMILES string of the molecule is CC(C)N(CCBr)C(=O)c1ccc(Br)cc1F. The number of benzene rings is 1. The Morgan fingerprint density at radius 2 is 2.12 bits per heavy atom. The van der Waals surface area contributed by atoms with Gasteiger partial charge in [-0.25, -0.2) is 4.39 Å². The van der Waals surface area contributed by atoms with Gasteiger partial charge in [0.2, 0.25) is 0 Å². The van der Waals surface area contributed by atoms with Gasteiger partial charge in [0.1, 0.15) is 5.82 Å². The lowest BCUT2D eigenvalue weighted by Gasteiger charge is -2.26. The maximum absolute atomic E-state index is 13.7. The molecule has 0 radical (unpaired) electrons. The first-order valence-electron chi connectivity index (χ1n) is 5.29. The van der Waals surface area contributed by atoms with Gasteiger partial charge in [0.25, 0.3) is 5.91 Å². The number of alkyl halides is 1. The maximum atomic E-state index is 13.7. The molecule has 0 aliphatic carbocycles. The normalized spacial score (nSPS) is 10.7. The van der Waals surface area contributed by atoms with Crippen molar-refractivity contribution in [2.75, 3.05) is 11.9 Å². The van der Waals surface area contributed by atoms with Gasteiger partial charge in [0.15, 0.2) is 0 Å². The number of carbonyl (C=O) groups is 1. The molecule has 1 aromatic carbocycles. The Morgan fingerprint density at radius 3 is 2.59 bits per heavy atom. The van der Waals surface area contributed by atoms with E-state index in [0.29, 0.717) is 16.3 Å². The van der Waals surface area contributed by atoms with E-state index in [0.717, 1.165) is 0 Å². The summed E-state index contributed by atoms with van der Waals surface area (Å²) in [5.41, 5.74) is 0.114. The summed E-state index contributed by atoms with van der Waals surface area (Å²) in [6.45, 7) is 4.39. The highest BCUT2D eigenvalue weighted by molar-refractivity contribution is 9.10. The average molecular weight is 367 g/mol. The first-order valence-corrected chi connectivity index (χ1v) is 7.20. The summed E-state index contributed by atoms with van der Waals surface area (Å²) in [4.78, 5) is 13.8. The maximum Gasteiger partial charge on any atom is 0.257 e. The fourth-order valence-electron chi connectivity index (χ4n) is 1.50. The summed E-state index contributed by atoms with van der Waals surface area (Å²) in [6.07, 6.45) is 0. The zero-order valence-corrected chi connectivity index (χ0v) is 12.9. The smallest absolute Gasteiger partial charge is 0.257 e. The molecule has 0 N–H and O–H groups in total. The molecule has 5 heteroatoms. The Balaban J connectivity index is 3.01. The zero-order chi connectivity index (χ0) is 13.0. The minimum atomic E-state index is -0.496. The predicted molar refractivity (Wildman–Crippen MR) is 74.1 cm³/mol. The largest absolute Gasteiger partial charge is 0.335 e. The van der Waals surface area contributed by atoms with E-state index in [1.807, 2.05) is 13.8 Å². The highest BCUT2D eigenvalue weighted by atomic mass is 79.9. The number of hydrogen-bond acceptors (Lipinski definition) is 1. The van der Waals surface area contributed by atoms with Crippen LogP contribution in [0.4, 0.5) is 4.39 Å². The van der Waals surface area contributed by atoms with Crippen LogP contribution in [0.5, 0.6) is 0 Å². The van der Waals surface area contributed by atoms with E-state index in [9.17, 15) is 9.18 Å². The second kappa shape index (κ2) is 6.50. The van der Waals surface area contributed by atoms with Crippen molar-refractivity contribution in [1.82, 2.24) is 4.90 Å². The zero-order valence-electron chi connectivity index (χ0n) is 9.71. The highest BCUT2D eigenvalue weighted by Gasteiger charge is 2.21. The van der Waals surface area contributed by atoms with Crippen LogP contribution in [-0.2, 0) is 0 Å². The summed E-state index contributed by atoms with van der Waals surface area (Å²) in [5.74, 6) is -0.769. The molecule has 2 nitrogen and oxygen atoms in total. The molecule has 0 aliphatic heterocycles. The van der Waals surface area contributed by atoms with Crippen LogP contribution in [0.1, 0.15) is 24.2 Å². The Hall–Kier alpha value is -0.420. The Morgan fingerprint density at radius 1 is 1.47 bits per heavy atom. The Bertz CT molecular complexity index is 409. The first kappa shape index (κ1) is 14.6. The topological polar surface area (TPSA) is 20.3 Å². The van der Waals surface area contributed by atoms with E-state index < -0.39 is 5.82 Å². The lowest BCUT2D eigenvalue weighted by Crippen LogP contribution is -2.38. The van der Waals surface area contributed by atoms with Crippen LogP contribution in [0.3, 0.4) is 0 Å². The van der Waals surface area contributed by atoms with Crippen molar-refractivity contribution in [3.05, 3.63) is 34.1 Å². The molecule has 0 saturated carbocycles. The molecule has 0 heterocycles. The standard InChI is InChI=1S/C12H14Br2FNO/c1-8(2)16(6-5-13)12(17)10-4-3-9(14)7-11(10)15/h3-4,7-8H,5-6H2,1-2H3. The van der Waals surface area contributed by atoms with E-state index in [4.69, 9.17) is 0 Å². The lowest BCUT2D eigenvalue weighted by atomic mass is 10.1. The van der Waals surface area contributed by atoms with Gasteiger partial charge in [-0.05, 0) is 32.0 Å². The van der Waals surface area contributed by atoms with E-state index in [2.05, 4.69) is 31.9 Å². The molecule has 0 spiro atoms. The van der Waals surface area contributed by atoms with Gasteiger partial charge in [-0.1, -0.05) is 31.9 Å². The molecule has 0 saturated heterocycles. The molecule has 0 bridgehead atoms. The van der Waals surface area contributed by atoms with Crippen molar-refractivity contribution in [2.24, 2.45) is 0 Å². The van der Waals surface area contributed by atoms with Crippen LogP contribution in [0.25, 0.3) is 0 Å². The van der Waals surface area contributed by atoms with Crippen molar-refractivity contribution in [3.8, 4) is 0 Å². The van der Waals surface area contributed by atoms with Crippen LogP contribution in [0, 0.1) is 5.82 Å². The summed E-state index contributed by atoms with van der Waals surface area (Å²) < 4.78 is 14.3. The monoisotopic (exact) mass is 365 g/mol. The van der Waals surface area contributed by atoms with E-state index >= 15 is 0 Å². The fourth-order valence-corrected chi connectivity index (χ4v) is 2.22. The quantitative estimate of drug-likeness (QED) is 0.741.